The molecule has 0 radical (unpaired) electrons. The number of hydrogen-bond donors (Lipinski definition) is 5. The maximum absolute atomic E-state index is 13.8. The lowest BCUT2D eigenvalue weighted by Gasteiger charge is -2.33. The Hall–Kier alpha value is -2.71. The van der Waals surface area contributed by atoms with E-state index in [-0.39, 0.29) is 31.9 Å². The van der Waals surface area contributed by atoms with Crippen LogP contribution in [0.25, 0.3) is 0 Å². The Bertz CT molecular complexity index is 1170. The first-order valence-electron chi connectivity index (χ1n) is 13.8. The second-order valence-electron chi connectivity index (χ2n) is 12.0. The molecular weight excluding hydrogens is 544 g/mol. The highest BCUT2D eigenvalue weighted by Gasteiger charge is 2.63. The van der Waals surface area contributed by atoms with E-state index in [4.69, 9.17) is 4.74 Å². The number of amides is 4. The molecule has 3 fully saturated rings. The van der Waals surface area contributed by atoms with Gasteiger partial charge in [0.15, 0.2) is 0 Å². The van der Waals surface area contributed by atoms with Gasteiger partial charge in [0.2, 0.25) is 21.8 Å². The molecule has 4 aliphatic rings. The summed E-state index contributed by atoms with van der Waals surface area (Å²) in [6.07, 6.45) is 4.01. The van der Waals surface area contributed by atoms with Crippen LogP contribution in [-0.2, 0) is 29.1 Å². The molecule has 4 amide bonds. The lowest BCUT2D eigenvalue weighted by Crippen LogP contribution is -2.59. The molecule has 7 atom stereocenters. The molecule has 0 aromatic carbocycles. The van der Waals surface area contributed by atoms with Crippen LogP contribution in [0.2, 0.25) is 0 Å². The van der Waals surface area contributed by atoms with Crippen LogP contribution >= 0.6 is 0 Å². The number of ether oxygens (including phenoxy) is 1. The van der Waals surface area contributed by atoms with Crippen molar-refractivity contribution in [2.75, 3.05) is 20.3 Å². The van der Waals surface area contributed by atoms with Gasteiger partial charge in [-0.3, -0.25) is 19.1 Å². The molecule has 0 spiro atoms. The number of aliphatic hydroxyl groups is 1. The maximum atomic E-state index is 13.8. The molecule has 0 bridgehead atoms. The lowest BCUT2D eigenvalue weighted by atomic mass is 9.87. The minimum absolute atomic E-state index is 0.0808. The van der Waals surface area contributed by atoms with Gasteiger partial charge in [-0.05, 0) is 51.4 Å². The van der Waals surface area contributed by atoms with Crippen molar-refractivity contribution >= 4 is 33.8 Å². The van der Waals surface area contributed by atoms with Gasteiger partial charge in [0.1, 0.15) is 17.6 Å². The Kier molecular flexibility index (Phi) is 8.53. The summed E-state index contributed by atoms with van der Waals surface area (Å²) in [7, 11) is -2.50. The molecule has 224 valence electrons. The molecule has 14 heteroatoms. The molecule has 2 saturated carbocycles. The number of carboxylic acid groups (broad SMARTS) is 1. The molecule has 0 aromatic heterocycles. The van der Waals surface area contributed by atoms with Crippen molar-refractivity contribution in [2.24, 2.45) is 17.8 Å². The van der Waals surface area contributed by atoms with E-state index >= 15 is 0 Å². The summed E-state index contributed by atoms with van der Waals surface area (Å²) < 4.78 is 32.1. The van der Waals surface area contributed by atoms with Crippen LogP contribution in [0.15, 0.2) is 12.2 Å². The highest BCUT2D eigenvalue weighted by Crippen LogP contribution is 2.47. The molecule has 40 heavy (non-hydrogen) atoms. The highest BCUT2D eigenvalue weighted by molar-refractivity contribution is 7.91. The van der Waals surface area contributed by atoms with Crippen molar-refractivity contribution in [3.63, 3.8) is 0 Å². The molecule has 1 saturated heterocycles. The number of carbonyl (C=O) groups is 4. The normalized spacial score (nSPS) is 35.9. The monoisotopic (exact) mass is 584 g/mol. The van der Waals surface area contributed by atoms with Crippen LogP contribution in [-0.4, -0.2) is 96.1 Å². The number of rotatable bonds is 6. The SMILES string of the molecule is COC[C@@H]1C[C@H](C)CCC=C[C@@H]2C[C@@]2(C(=O)NS(=O)(=O)C2(C)CC2)NC(=O)[C@@H]2C[C@@H](O)CN2C(=O)[C@H]1NC(=O)O. The van der Waals surface area contributed by atoms with E-state index in [1.165, 1.54) is 7.11 Å². The number of fused-ring (bicyclic) bond motifs is 2. The van der Waals surface area contributed by atoms with Crippen molar-refractivity contribution in [3.05, 3.63) is 12.2 Å². The van der Waals surface area contributed by atoms with Crippen LogP contribution in [0.4, 0.5) is 4.79 Å². The number of allylic oxidation sites excluding steroid dienone is 1. The predicted molar refractivity (Wildman–Crippen MR) is 142 cm³/mol. The third-order valence-corrected chi connectivity index (χ3v) is 10.9. The summed E-state index contributed by atoms with van der Waals surface area (Å²) in [4.78, 5) is 53.6. The number of hydrogen-bond acceptors (Lipinski definition) is 8. The molecule has 2 heterocycles. The number of carbonyl (C=O) groups excluding carboxylic acids is 3. The third kappa shape index (κ3) is 6.13. The van der Waals surface area contributed by atoms with Gasteiger partial charge in [-0.15, -0.1) is 0 Å². The molecule has 2 aliphatic heterocycles. The van der Waals surface area contributed by atoms with E-state index in [0.717, 1.165) is 4.90 Å². The smallest absolute Gasteiger partial charge is 0.405 e. The molecule has 2 aliphatic carbocycles. The van der Waals surface area contributed by atoms with Gasteiger partial charge >= 0.3 is 6.09 Å². The summed E-state index contributed by atoms with van der Waals surface area (Å²) in [6, 6.07) is -2.41. The zero-order valence-electron chi connectivity index (χ0n) is 23.1. The average molecular weight is 585 g/mol. The van der Waals surface area contributed by atoms with Gasteiger partial charge in [-0.1, -0.05) is 19.1 Å². The van der Waals surface area contributed by atoms with Crippen molar-refractivity contribution in [2.45, 2.75) is 87.3 Å². The molecule has 4 rings (SSSR count). The van der Waals surface area contributed by atoms with Crippen molar-refractivity contribution in [1.82, 2.24) is 20.3 Å². The second-order valence-corrected chi connectivity index (χ2v) is 14.2. The summed E-state index contributed by atoms with van der Waals surface area (Å²) in [6.45, 7) is 3.45. The quantitative estimate of drug-likeness (QED) is 0.269. The summed E-state index contributed by atoms with van der Waals surface area (Å²) in [5.74, 6) is -3.11. The van der Waals surface area contributed by atoms with Gasteiger partial charge in [-0.25, -0.2) is 13.2 Å². The number of nitrogens with one attached hydrogen (secondary N) is 3. The van der Waals surface area contributed by atoms with Gasteiger partial charge in [-0.2, -0.15) is 0 Å². The third-order valence-electron chi connectivity index (χ3n) is 8.76. The fourth-order valence-corrected chi connectivity index (χ4v) is 7.17. The number of aliphatic hydroxyl groups excluding tert-OH is 1. The predicted octanol–water partition coefficient (Wildman–Crippen LogP) is 0.0966. The van der Waals surface area contributed by atoms with Gasteiger partial charge in [0, 0.05) is 31.9 Å². The van der Waals surface area contributed by atoms with Crippen molar-refractivity contribution in [1.29, 1.82) is 0 Å². The molecule has 13 nitrogen and oxygen atoms in total. The largest absolute Gasteiger partial charge is 0.465 e. The average Bonchev–Trinajstić information content (AvgIpc) is 3.75. The maximum Gasteiger partial charge on any atom is 0.405 e. The van der Waals surface area contributed by atoms with E-state index in [1.54, 1.807) is 6.92 Å². The number of methoxy groups -OCH3 is 1. The number of sulfonamides is 1. The first kappa shape index (κ1) is 30.3. The van der Waals surface area contributed by atoms with Gasteiger partial charge < -0.3 is 30.5 Å². The van der Waals surface area contributed by atoms with Crippen molar-refractivity contribution < 1.29 is 42.5 Å². The van der Waals surface area contributed by atoms with Crippen LogP contribution in [0.5, 0.6) is 0 Å². The second kappa shape index (κ2) is 11.3. The Morgan fingerprint density at radius 2 is 1.95 bits per heavy atom. The minimum atomic E-state index is -3.96. The minimum Gasteiger partial charge on any atom is -0.465 e. The zero-order chi connectivity index (χ0) is 29.5. The Labute approximate surface area is 234 Å². The number of nitrogens with zero attached hydrogens (tertiary/aromatic N) is 1. The zero-order valence-corrected chi connectivity index (χ0v) is 23.9. The Morgan fingerprint density at radius 3 is 2.58 bits per heavy atom. The standard InChI is InChI=1S/C26H40N4O9S/c1-15-6-4-5-7-17-12-26(17,23(34)29-40(37,38)25(2)8-9-25)28-21(32)19-11-18(31)13-30(19)22(33)20(27-24(35)36)16(10-15)14-39-3/h5,7,15-20,27,31H,4,6,8-14H2,1-3H3,(H,28,32)(H,29,34)(H,35,36)/t15-,16+,17-,18-,19+,20+,26-/m1/s1. The van der Waals surface area contributed by atoms with Crippen molar-refractivity contribution in [3.8, 4) is 0 Å². The fraction of sp³-hybridized carbons (Fsp3) is 0.769. The summed E-state index contributed by atoms with van der Waals surface area (Å²) >= 11 is 0. The fourth-order valence-electron chi connectivity index (χ4n) is 5.86. The van der Waals surface area contributed by atoms with E-state index < -0.39 is 74.1 Å². The van der Waals surface area contributed by atoms with Gasteiger partial charge in [0.25, 0.3) is 5.91 Å². The highest BCUT2D eigenvalue weighted by atomic mass is 32.2. The summed E-state index contributed by atoms with van der Waals surface area (Å²) in [5.41, 5.74) is -1.52. The molecular formula is C26H40N4O9S. The van der Waals surface area contributed by atoms with Crippen LogP contribution in [0, 0.1) is 17.8 Å². The van der Waals surface area contributed by atoms with E-state index in [0.29, 0.717) is 32.1 Å². The Morgan fingerprint density at radius 1 is 1.25 bits per heavy atom. The van der Waals surface area contributed by atoms with E-state index in [2.05, 4.69) is 15.4 Å². The molecule has 0 unspecified atom stereocenters. The molecule has 5 N–H and O–H groups in total. The first-order chi connectivity index (χ1) is 18.7. The van der Waals surface area contributed by atoms with Gasteiger partial charge in [0.05, 0.1) is 17.5 Å². The summed E-state index contributed by atoms with van der Waals surface area (Å²) in [5, 5.41) is 25.0. The van der Waals surface area contributed by atoms with E-state index in [9.17, 15) is 37.8 Å². The van der Waals surface area contributed by atoms with E-state index in [1.807, 2.05) is 19.1 Å². The van der Waals surface area contributed by atoms with Crippen LogP contribution < -0.4 is 15.4 Å². The van der Waals surface area contributed by atoms with Crippen LogP contribution in [0.1, 0.15) is 58.8 Å². The Balaban J connectivity index is 1.66. The first-order valence-corrected chi connectivity index (χ1v) is 15.2. The molecule has 0 aromatic rings. The van der Waals surface area contributed by atoms with Crippen LogP contribution in [0.3, 0.4) is 0 Å². The topological polar surface area (TPSA) is 191 Å². The lowest BCUT2D eigenvalue weighted by molar-refractivity contribution is -0.142.